The summed E-state index contributed by atoms with van der Waals surface area (Å²) in [6, 6.07) is 12.1. The molecule has 2 aromatic carbocycles. The minimum absolute atomic E-state index is 0.0745. The zero-order valence-electron chi connectivity index (χ0n) is 14.1. The number of anilines is 1. The van der Waals surface area contributed by atoms with Crippen molar-refractivity contribution in [3.63, 3.8) is 0 Å². The monoisotopic (exact) mass is 373 g/mol. The molecule has 0 bridgehead atoms. The van der Waals surface area contributed by atoms with Crippen molar-refractivity contribution < 1.29 is 14.3 Å². The van der Waals surface area contributed by atoms with Crippen molar-refractivity contribution in [2.24, 2.45) is 0 Å². The minimum Gasteiger partial charge on any atom is -0.493 e. The van der Waals surface area contributed by atoms with Gasteiger partial charge < -0.3 is 14.8 Å². The van der Waals surface area contributed by atoms with Crippen LogP contribution >= 0.6 is 11.6 Å². The molecule has 3 rings (SSSR count). The van der Waals surface area contributed by atoms with E-state index < -0.39 is 0 Å². The molecule has 134 valence electrons. The maximum atomic E-state index is 12.2. The van der Waals surface area contributed by atoms with E-state index in [0.717, 1.165) is 5.56 Å². The number of nitrogens with one attached hydrogen (secondary N) is 1. The normalized spacial score (nSPS) is 10.4. The lowest BCUT2D eigenvalue weighted by molar-refractivity contribution is -0.117. The number of carbonyl (C=O) groups excluding carboxylic acids is 1. The second kappa shape index (κ2) is 7.83. The van der Waals surface area contributed by atoms with E-state index in [1.54, 1.807) is 49.6 Å². The number of benzene rings is 2. The Labute approximate surface area is 154 Å². The van der Waals surface area contributed by atoms with Crippen LogP contribution in [-0.2, 0) is 11.3 Å². The number of hydrogen-bond acceptors (Lipinski definition) is 6. The van der Waals surface area contributed by atoms with Gasteiger partial charge in [0.2, 0.25) is 11.7 Å². The fourth-order valence-corrected chi connectivity index (χ4v) is 2.39. The SMILES string of the molecule is COc1ccc(NC(=O)Cn2nnc(-c3ccc(Cl)cc3)n2)cc1OC. The lowest BCUT2D eigenvalue weighted by Crippen LogP contribution is -2.20. The Balaban J connectivity index is 1.66. The number of aromatic nitrogens is 4. The summed E-state index contributed by atoms with van der Waals surface area (Å²) < 4.78 is 10.4. The fourth-order valence-electron chi connectivity index (χ4n) is 2.27. The number of nitrogens with zero attached hydrogens (tertiary/aromatic N) is 4. The lowest BCUT2D eigenvalue weighted by atomic mass is 10.2. The van der Waals surface area contributed by atoms with Crippen molar-refractivity contribution in [2.45, 2.75) is 6.54 Å². The molecule has 0 spiro atoms. The zero-order valence-corrected chi connectivity index (χ0v) is 14.9. The molecular weight excluding hydrogens is 358 g/mol. The number of rotatable bonds is 6. The minimum atomic E-state index is -0.294. The predicted molar refractivity (Wildman–Crippen MR) is 96.4 cm³/mol. The van der Waals surface area contributed by atoms with Crippen LogP contribution in [-0.4, -0.2) is 40.3 Å². The molecule has 0 unspecified atom stereocenters. The van der Waals surface area contributed by atoms with Gasteiger partial charge in [0.1, 0.15) is 6.54 Å². The molecule has 1 amide bonds. The van der Waals surface area contributed by atoms with Gasteiger partial charge in [-0.25, -0.2) is 0 Å². The molecule has 0 saturated heterocycles. The van der Waals surface area contributed by atoms with Gasteiger partial charge in [0.15, 0.2) is 11.5 Å². The number of amides is 1. The van der Waals surface area contributed by atoms with Crippen LogP contribution in [0, 0.1) is 0 Å². The van der Waals surface area contributed by atoms with Gasteiger partial charge in [0.05, 0.1) is 14.2 Å². The second-order valence-electron chi connectivity index (χ2n) is 5.27. The smallest absolute Gasteiger partial charge is 0.248 e. The first-order valence-electron chi connectivity index (χ1n) is 7.64. The number of halogens is 1. The summed E-state index contributed by atoms with van der Waals surface area (Å²) in [6.45, 7) is -0.0745. The second-order valence-corrected chi connectivity index (χ2v) is 5.70. The predicted octanol–water partition coefficient (Wildman–Crippen LogP) is 2.65. The highest BCUT2D eigenvalue weighted by Crippen LogP contribution is 2.29. The molecule has 8 nitrogen and oxygen atoms in total. The van der Waals surface area contributed by atoms with E-state index in [1.165, 1.54) is 11.9 Å². The first-order chi connectivity index (χ1) is 12.6. The Bertz CT molecular complexity index is 911. The third kappa shape index (κ3) is 4.09. The van der Waals surface area contributed by atoms with E-state index in [4.69, 9.17) is 21.1 Å². The third-order valence-electron chi connectivity index (χ3n) is 3.51. The summed E-state index contributed by atoms with van der Waals surface area (Å²) in [7, 11) is 3.08. The summed E-state index contributed by atoms with van der Waals surface area (Å²) in [5, 5.41) is 15.4. The van der Waals surface area contributed by atoms with Gasteiger partial charge in [0.25, 0.3) is 0 Å². The standard InChI is InChI=1S/C17H16ClN5O3/c1-25-14-8-7-13(9-15(14)26-2)19-16(24)10-23-21-17(20-22-23)11-3-5-12(18)6-4-11/h3-9H,10H2,1-2H3,(H,19,24). The van der Waals surface area contributed by atoms with Crippen LogP contribution in [0.1, 0.15) is 0 Å². The summed E-state index contributed by atoms with van der Waals surface area (Å²) in [6.07, 6.45) is 0. The van der Waals surface area contributed by atoms with Crippen LogP contribution in [0.2, 0.25) is 5.02 Å². The third-order valence-corrected chi connectivity index (χ3v) is 3.76. The van der Waals surface area contributed by atoms with Crippen LogP contribution in [0.4, 0.5) is 5.69 Å². The van der Waals surface area contributed by atoms with Crippen molar-refractivity contribution in [1.29, 1.82) is 0 Å². The molecule has 0 fully saturated rings. The van der Waals surface area contributed by atoms with Crippen LogP contribution in [0.3, 0.4) is 0 Å². The summed E-state index contributed by atoms with van der Waals surface area (Å²) in [4.78, 5) is 13.4. The number of ether oxygens (including phenoxy) is 2. The molecule has 0 radical (unpaired) electrons. The van der Waals surface area contributed by atoms with E-state index in [0.29, 0.717) is 28.0 Å². The summed E-state index contributed by atoms with van der Waals surface area (Å²) in [5.74, 6) is 1.23. The molecular formula is C17H16ClN5O3. The van der Waals surface area contributed by atoms with Gasteiger partial charge in [-0.1, -0.05) is 11.6 Å². The first-order valence-corrected chi connectivity index (χ1v) is 8.02. The van der Waals surface area contributed by atoms with E-state index in [2.05, 4.69) is 20.7 Å². The van der Waals surface area contributed by atoms with Crippen LogP contribution in [0.25, 0.3) is 11.4 Å². The highest BCUT2D eigenvalue weighted by Gasteiger charge is 2.11. The molecule has 0 aliphatic carbocycles. The van der Waals surface area contributed by atoms with Crippen molar-refractivity contribution in [1.82, 2.24) is 20.2 Å². The average Bonchev–Trinajstić information content (AvgIpc) is 3.10. The Morgan fingerprint density at radius 2 is 1.85 bits per heavy atom. The quantitative estimate of drug-likeness (QED) is 0.714. The fraction of sp³-hybridized carbons (Fsp3) is 0.176. The van der Waals surface area contributed by atoms with Gasteiger partial charge in [-0.05, 0) is 41.6 Å². The Morgan fingerprint density at radius 1 is 1.12 bits per heavy atom. The lowest BCUT2D eigenvalue weighted by Gasteiger charge is -2.10. The Morgan fingerprint density at radius 3 is 2.54 bits per heavy atom. The molecule has 1 N–H and O–H groups in total. The maximum Gasteiger partial charge on any atom is 0.248 e. The van der Waals surface area contributed by atoms with Gasteiger partial charge in [-0.3, -0.25) is 4.79 Å². The molecule has 26 heavy (non-hydrogen) atoms. The topological polar surface area (TPSA) is 91.2 Å². The highest BCUT2D eigenvalue weighted by atomic mass is 35.5. The number of methoxy groups -OCH3 is 2. The van der Waals surface area contributed by atoms with Crippen LogP contribution in [0.5, 0.6) is 11.5 Å². The zero-order chi connectivity index (χ0) is 18.5. The average molecular weight is 374 g/mol. The molecule has 9 heteroatoms. The van der Waals surface area contributed by atoms with Gasteiger partial charge in [-0.15, -0.1) is 10.2 Å². The van der Waals surface area contributed by atoms with Crippen molar-refractivity contribution >= 4 is 23.2 Å². The number of hydrogen-bond donors (Lipinski definition) is 1. The summed E-state index contributed by atoms with van der Waals surface area (Å²) >= 11 is 5.86. The van der Waals surface area contributed by atoms with Crippen LogP contribution < -0.4 is 14.8 Å². The molecule has 3 aromatic rings. The Hall–Kier alpha value is -3.13. The maximum absolute atomic E-state index is 12.2. The highest BCUT2D eigenvalue weighted by molar-refractivity contribution is 6.30. The van der Waals surface area contributed by atoms with E-state index in [9.17, 15) is 4.79 Å². The van der Waals surface area contributed by atoms with Gasteiger partial charge >= 0.3 is 0 Å². The molecule has 0 saturated carbocycles. The molecule has 0 aliphatic rings. The molecule has 1 aromatic heterocycles. The molecule has 1 heterocycles. The number of tetrazole rings is 1. The van der Waals surface area contributed by atoms with Gasteiger partial charge in [0, 0.05) is 22.3 Å². The largest absolute Gasteiger partial charge is 0.493 e. The molecule has 0 atom stereocenters. The number of carbonyl (C=O) groups is 1. The van der Waals surface area contributed by atoms with Gasteiger partial charge in [-0.2, -0.15) is 4.80 Å². The van der Waals surface area contributed by atoms with Crippen LogP contribution in [0.15, 0.2) is 42.5 Å². The van der Waals surface area contributed by atoms with Crippen molar-refractivity contribution in [3.05, 3.63) is 47.5 Å². The summed E-state index contributed by atoms with van der Waals surface area (Å²) in [5.41, 5.74) is 1.34. The van der Waals surface area contributed by atoms with E-state index >= 15 is 0 Å². The Kier molecular flexibility index (Phi) is 5.33. The van der Waals surface area contributed by atoms with Crippen molar-refractivity contribution in [2.75, 3.05) is 19.5 Å². The first kappa shape index (κ1) is 17.7. The van der Waals surface area contributed by atoms with E-state index in [-0.39, 0.29) is 12.5 Å². The molecule has 0 aliphatic heterocycles. The van der Waals surface area contributed by atoms with E-state index in [1.807, 2.05) is 0 Å². The van der Waals surface area contributed by atoms with Crippen molar-refractivity contribution in [3.8, 4) is 22.9 Å².